The third-order valence-corrected chi connectivity index (χ3v) is 3.48. The summed E-state index contributed by atoms with van der Waals surface area (Å²) in [7, 11) is 0. The van der Waals surface area contributed by atoms with Crippen LogP contribution in [0.4, 0.5) is 11.4 Å². The van der Waals surface area contributed by atoms with E-state index >= 15 is 0 Å². The Kier molecular flexibility index (Phi) is 5.89. The Morgan fingerprint density at radius 2 is 1.00 bits per heavy atom. The Labute approximate surface area is 146 Å². The SMILES string of the molecule is CC(=O)Nc1ccc(C(NC(C)=O)c2ccc(NC(C)=O)cc2)cc1. The molecule has 0 heterocycles. The lowest BCUT2D eigenvalue weighted by atomic mass is 9.98. The largest absolute Gasteiger partial charge is 0.345 e. The lowest BCUT2D eigenvalue weighted by molar-refractivity contribution is -0.119. The van der Waals surface area contributed by atoms with Gasteiger partial charge in [-0.25, -0.2) is 0 Å². The van der Waals surface area contributed by atoms with Crippen molar-refractivity contribution in [1.82, 2.24) is 5.32 Å². The molecule has 0 aliphatic rings. The molecule has 2 aromatic carbocycles. The monoisotopic (exact) mass is 339 g/mol. The quantitative estimate of drug-likeness (QED) is 0.783. The molecule has 0 bridgehead atoms. The molecule has 0 spiro atoms. The van der Waals surface area contributed by atoms with E-state index in [0.29, 0.717) is 11.4 Å². The van der Waals surface area contributed by atoms with Crippen LogP contribution < -0.4 is 16.0 Å². The number of rotatable bonds is 5. The van der Waals surface area contributed by atoms with Crippen molar-refractivity contribution in [1.29, 1.82) is 0 Å². The second kappa shape index (κ2) is 8.10. The molecule has 0 unspecified atom stereocenters. The molecule has 130 valence electrons. The summed E-state index contributed by atoms with van der Waals surface area (Å²) in [6, 6.07) is 14.3. The summed E-state index contributed by atoms with van der Waals surface area (Å²) in [5.41, 5.74) is 3.16. The van der Waals surface area contributed by atoms with Crippen molar-refractivity contribution in [2.75, 3.05) is 10.6 Å². The van der Waals surface area contributed by atoms with E-state index in [1.54, 1.807) is 24.3 Å². The smallest absolute Gasteiger partial charge is 0.221 e. The molecule has 3 N–H and O–H groups in total. The molecule has 6 heteroatoms. The Bertz CT molecular complexity index is 708. The molecule has 0 saturated heterocycles. The normalized spacial score (nSPS) is 10.2. The summed E-state index contributed by atoms with van der Waals surface area (Å²) in [5.74, 6) is -0.429. The average molecular weight is 339 g/mol. The fourth-order valence-electron chi connectivity index (χ4n) is 2.49. The maximum Gasteiger partial charge on any atom is 0.221 e. The standard InChI is InChI=1S/C19H21N3O3/c1-12(23)20-17-8-4-15(5-9-17)19(22-14(3)25)16-6-10-18(11-7-16)21-13(2)24/h4-11,19H,1-3H3,(H,20,23)(H,21,24)(H,22,25). The zero-order valence-corrected chi connectivity index (χ0v) is 14.4. The van der Waals surface area contributed by atoms with E-state index in [-0.39, 0.29) is 23.8 Å². The number of hydrogen-bond donors (Lipinski definition) is 3. The molecule has 0 fully saturated rings. The number of benzene rings is 2. The van der Waals surface area contributed by atoms with Gasteiger partial charge in [0.15, 0.2) is 0 Å². The molecular formula is C19H21N3O3. The van der Waals surface area contributed by atoms with E-state index in [1.807, 2.05) is 24.3 Å². The number of amides is 3. The van der Waals surface area contributed by atoms with Crippen molar-refractivity contribution < 1.29 is 14.4 Å². The predicted octanol–water partition coefficient (Wildman–Crippen LogP) is 2.83. The molecule has 2 rings (SSSR count). The molecular weight excluding hydrogens is 318 g/mol. The van der Waals surface area contributed by atoms with Crippen LogP contribution in [0.25, 0.3) is 0 Å². The van der Waals surface area contributed by atoms with Crippen LogP contribution in [-0.2, 0) is 14.4 Å². The van der Waals surface area contributed by atoms with Crippen molar-refractivity contribution in [2.24, 2.45) is 0 Å². The highest BCUT2D eigenvalue weighted by molar-refractivity contribution is 5.89. The fourth-order valence-corrected chi connectivity index (χ4v) is 2.49. The van der Waals surface area contributed by atoms with Crippen molar-refractivity contribution in [3.05, 3.63) is 59.7 Å². The summed E-state index contributed by atoms with van der Waals surface area (Å²) in [6.45, 7) is 4.36. The fraction of sp³-hybridized carbons (Fsp3) is 0.211. The van der Waals surface area contributed by atoms with Crippen molar-refractivity contribution in [3.63, 3.8) is 0 Å². The molecule has 0 radical (unpaired) electrons. The van der Waals surface area contributed by atoms with E-state index in [1.165, 1.54) is 20.8 Å². The van der Waals surface area contributed by atoms with E-state index in [0.717, 1.165) is 11.1 Å². The first-order valence-electron chi connectivity index (χ1n) is 7.87. The third-order valence-electron chi connectivity index (χ3n) is 3.48. The maximum atomic E-state index is 11.6. The van der Waals surface area contributed by atoms with Gasteiger partial charge in [0.2, 0.25) is 17.7 Å². The second-order valence-electron chi connectivity index (χ2n) is 5.74. The van der Waals surface area contributed by atoms with Crippen LogP contribution in [0, 0.1) is 0 Å². The van der Waals surface area contributed by atoms with Crippen LogP contribution >= 0.6 is 0 Å². The van der Waals surface area contributed by atoms with Crippen LogP contribution in [0.3, 0.4) is 0 Å². The Hall–Kier alpha value is -3.15. The summed E-state index contributed by atoms with van der Waals surface area (Å²) in [4.78, 5) is 33.8. The number of carbonyl (C=O) groups excluding carboxylic acids is 3. The Morgan fingerprint density at radius 3 is 1.28 bits per heavy atom. The minimum Gasteiger partial charge on any atom is -0.345 e. The van der Waals surface area contributed by atoms with Crippen LogP contribution in [0.5, 0.6) is 0 Å². The predicted molar refractivity (Wildman–Crippen MR) is 97.2 cm³/mol. The van der Waals surface area contributed by atoms with E-state index < -0.39 is 0 Å². The number of hydrogen-bond acceptors (Lipinski definition) is 3. The number of anilines is 2. The van der Waals surface area contributed by atoms with Crippen LogP contribution in [-0.4, -0.2) is 17.7 Å². The molecule has 2 aromatic rings. The lowest BCUT2D eigenvalue weighted by Gasteiger charge is -2.20. The zero-order chi connectivity index (χ0) is 18.4. The van der Waals surface area contributed by atoms with Crippen molar-refractivity contribution >= 4 is 29.1 Å². The molecule has 0 aliphatic heterocycles. The summed E-state index contributed by atoms with van der Waals surface area (Å²) < 4.78 is 0. The van der Waals surface area contributed by atoms with Crippen LogP contribution in [0.1, 0.15) is 37.9 Å². The molecule has 0 aliphatic carbocycles. The molecule has 25 heavy (non-hydrogen) atoms. The number of carbonyl (C=O) groups is 3. The van der Waals surface area contributed by atoms with Gasteiger partial charge in [-0.2, -0.15) is 0 Å². The Morgan fingerprint density at radius 1 is 0.640 bits per heavy atom. The summed E-state index contributed by atoms with van der Waals surface area (Å²) in [6.07, 6.45) is 0. The van der Waals surface area contributed by atoms with Crippen LogP contribution in [0.15, 0.2) is 48.5 Å². The third kappa shape index (κ3) is 5.46. The molecule has 0 atom stereocenters. The maximum absolute atomic E-state index is 11.6. The molecule has 0 saturated carbocycles. The van der Waals surface area contributed by atoms with E-state index in [9.17, 15) is 14.4 Å². The lowest BCUT2D eigenvalue weighted by Crippen LogP contribution is -2.26. The summed E-state index contributed by atoms with van der Waals surface area (Å²) >= 11 is 0. The summed E-state index contributed by atoms with van der Waals surface area (Å²) in [5, 5.41) is 8.34. The van der Waals surface area contributed by atoms with Crippen LogP contribution in [0.2, 0.25) is 0 Å². The van der Waals surface area contributed by atoms with Crippen molar-refractivity contribution in [2.45, 2.75) is 26.8 Å². The highest BCUT2D eigenvalue weighted by atomic mass is 16.2. The van der Waals surface area contributed by atoms with Gasteiger partial charge in [-0.1, -0.05) is 24.3 Å². The zero-order valence-electron chi connectivity index (χ0n) is 14.4. The molecule has 0 aromatic heterocycles. The van der Waals surface area contributed by atoms with Gasteiger partial charge in [0.1, 0.15) is 0 Å². The first-order chi connectivity index (χ1) is 11.8. The van der Waals surface area contributed by atoms with Gasteiger partial charge in [-0.15, -0.1) is 0 Å². The molecule has 3 amide bonds. The van der Waals surface area contributed by atoms with Gasteiger partial charge in [0.25, 0.3) is 0 Å². The minimum absolute atomic E-state index is 0.139. The van der Waals surface area contributed by atoms with Gasteiger partial charge in [-0.3, -0.25) is 14.4 Å². The minimum atomic E-state index is -0.324. The van der Waals surface area contributed by atoms with Crippen molar-refractivity contribution in [3.8, 4) is 0 Å². The molecule has 6 nitrogen and oxygen atoms in total. The van der Waals surface area contributed by atoms with E-state index in [4.69, 9.17) is 0 Å². The van der Waals surface area contributed by atoms with Gasteiger partial charge in [0, 0.05) is 32.1 Å². The van der Waals surface area contributed by atoms with Gasteiger partial charge in [0.05, 0.1) is 6.04 Å². The average Bonchev–Trinajstić information content (AvgIpc) is 2.53. The highest BCUT2D eigenvalue weighted by Gasteiger charge is 2.15. The first-order valence-corrected chi connectivity index (χ1v) is 7.87. The number of nitrogens with one attached hydrogen (secondary N) is 3. The van der Waals surface area contributed by atoms with Gasteiger partial charge < -0.3 is 16.0 Å². The van der Waals surface area contributed by atoms with E-state index in [2.05, 4.69) is 16.0 Å². The topological polar surface area (TPSA) is 87.3 Å². The second-order valence-corrected chi connectivity index (χ2v) is 5.74. The highest BCUT2D eigenvalue weighted by Crippen LogP contribution is 2.25. The van der Waals surface area contributed by atoms with Gasteiger partial charge >= 0.3 is 0 Å². The first kappa shape index (κ1) is 18.2. The Balaban J connectivity index is 2.27. The van der Waals surface area contributed by atoms with Gasteiger partial charge in [-0.05, 0) is 35.4 Å².